The van der Waals surface area contributed by atoms with Crippen molar-refractivity contribution in [1.29, 1.82) is 0 Å². The predicted molar refractivity (Wildman–Crippen MR) is 85.1 cm³/mol. The number of aromatic nitrogens is 3. The summed E-state index contributed by atoms with van der Waals surface area (Å²) in [6, 6.07) is 6.93. The van der Waals surface area contributed by atoms with Gasteiger partial charge in [-0.2, -0.15) is 4.98 Å². The lowest BCUT2D eigenvalue weighted by Gasteiger charge is -2.00. The highest BCUT2D eigenvalue weighted by atomic mass is 79.9. The number of nitrogens with two attached hydrogens (primary N) is 1. The van der Waals surface area contributed by atoms with Gasteiger partial charge in [0.2, 0.25) is 5.82 Å². The lowest BCUT2D eigenvalue weighted by molar-refractivity contribution is 0.432. The molecular formula is C13H7BrCl2N4O. The Balaban J connectivity index is 2.06. The first-order valence-corrected chi connectivity index (χ1v) is 7.30. The standard InChI is InChI=1S/C13H7BrCl2N4O/c14-6-1-2-10(17)8(3-6)13-19-12(20-21-13)11-9(16)4-7(15)5-18-11/h1-5H,17H2. The lowest BCUT2D eigenvalue weighted by atomic mass is 10.2. The van der Waals surface area contributed by atoms with Gasteiger partial charge in [-0.1, -0.05) is 44.3 Å². The molecule has 0 atom stereocenters. The average molecular weight is 386 g/mol. The fourth-order valence-corrected chi connectivity index (χ4v) is 2.55. The Labute approximate surface area is 138 Å². The van der Waals surface area contributed by atoms with Crippen molar-refractivity contribution in [3.8, 4) is 23.0 Å². The van der Waals surface area contributed by atoms with Crippen molar-refractivity contribution in [1.82, 2.24) is 15.1 Å². The molecule has 0 spiro atoms. The van der Waals surface area contributed by atoms with E-state index >= 15 is 0 Å². The topological polar surface area (TPSA) is 77.8 Å². The Morgan fingerprint density at radius 1 is 1.19 bits per heavy atom. The van der Waals surface area contributed by atoms with Crippen LogP contribution >= 0.6 is 39.1 Å². The van der Waals surface area contributed by atoms with E-state index in [4.69, 9.17) is 33.5 Å². The van der Waals surface area contributed by atoms with Gasteiger partial charge in [-0.15, -0.1) is 0 Å². The second kappa shape index (κ2) is 5.63. The Morgan fingerprint density at radius 2 is 2.00 bits per heavy atom. The minimum Gasteiger partial charge on any atom is -0.398 e. The first kappa shape index (κ1) is 14.3. The molecule has 106 valence electrons. The highest BCUT2D eigenvalue weighted by Crippen LogP contribution is 2.31. The zero-order valence-electron chi connectivity index (χ0n) is 10.3. The summed E-state index contributed by atoms with van der Waals surface area (Å²) in [7, 11) is 0. The monoisotopic (exact) mass is 384 g/mol. The molecule has 0 unspecified atom stereocenters. The Bertz CT molecular complexity index is 822. The number of hydrogen-bond donors (Lipinski definition) is 1. The van der Waals surface area contributed by atoms with Crippen molar-refractivity contribution in [3.63, 3.8) is 0 Å². The number of pyridine rings is 1. The summed E-state index contributed by atoms with van der Waals surface area (Å²) in [5.74, 6) is 0.558. The van der Waals surface area contributed by atoms with E-state index in [-0.39, 0.29) is 11.7 Å². The number of hydrogen-bond acceptors (Lipinski definition) is 5. The first-order valence-electron chi connectivity index (χ1n) is 5.75. The van der Waals surface area contributed by atoms with Crippen LogP contribution in [0.15, 0.2) is 39.5 Å². The van der Waals surface area contributed by atoms with Crippen molar-refractivity contribution in [3.05, 3.63) is 45.0 Å². The van der Waals surface area contributed by atoms with Crippen LogP contribution in [0.25, 0.3) is 23.0 Å². The molecule has 21 heavy (non-hydrogen) atoms. The summed E-state index contributed by atoms with van der Waals surface area (Å²) in [6.07, 6.45) is 1.46. The van der Waals surface area contributed by atoms with Gasteiger partial charge in [-0.05, 0) is 24.3 Å². The van der Waals surface area contributed by atoms with Crippen LogP contribution in [0.2, 0.25) is 10.0 Å². The molecule has 0 aliphatic rings. The zero-order valence-corrected chi connectivity index (χ0v) is 13.4. The van der Waals surface area contributed by atoms with Gasteiger partial charge < -0.3 is 10.3 Å². The Hall–Kier alpha value is -1.63. The summed E-state index contributed by atoms with van der Waals surface area (Å²) in [5, 5.41) is 4.66. The van der Waals surface area contributed by atoms with E-state index in [0.29, 0.717) is 27.0 Å². The minimum atomic E-state index is 0.269. The van der Waals surface area contributed by atoms with Crippen molar-refractivity contribution in [2.24, 2.45) is 0 Å². The van der Waals surface area contributed by atoms with Crippen LogP contribution < -0.4 is 5.73 Å². The highest BCUT2D eigenvalue weighted by Gasteiger charge is 2.16. The van der Waals surface area contributed by atoms with Crippen molar-refractivity contribution in [2.75, 3.05) is 5.73 Å². The number of nitrogen functional groups attached to an aromatic ring is 1. The van der Waals surface area contributed by atoms with Gasteiger partial charge in [0.15, 0.2) is 0 Å². The SMILES string of the molecule is Nc1ccc(Br)cc1-c1nc(-c2ncc(Cl)cc2Cl)no1. The van der Waals surface area contributed by atoms with Crippen LogP contribution in [0.3, 0.4) is 0 Å². The third-order valence-electron chi connectivity index (χ3n) is 2.69. The summed E-state index contributed by atoms with van der Waals surface area (Å²) in [6.45, 7) is 0. The third-order valence-corrected chi connectivity index (χ3v) is 3.68. The van der Waals surface area contributed by atoms with Crippen molar-refractivity contribution >= 4 is 44.8 Å². The van der Waals surface area contributed by atoms with Crippen LogP contribution in [0.4, 0.5) is 5.69 Å². The molecule has 8 heteroatoms. The fourth-order valence-electron chi connectivity index (χ4n) is 1.72. The smallest absolute Gasteiger partial charge is 0.260 e. The second-order valence-electron chi connectivity index (χ2n) is 4.14. The normalized spacial score (nSPS) is 10.8. The second-order valence-corrected chi connectivity index (χ2v) is 5.90. The molecule has 0 aliphatic heterocycles. The average Bonchev–Trinajstić information content (AvgIpc) is 2.91. The van der Waals surface area contributed by atoms with Crippen LogP contribution in [0.1, 0.15) is 0 Å². The van der Waals surface area contributed by atoms with Crippen molar-refractivity contribution < 1.29 is 4.52 Å². The van der Waals surface area contributed by atoms with Gasteiger partial charge in [-0.25, -0.2) is 4.98 Å². The molecule has 0 radical (unpaired) electrons. The quantitative estimate of drug-likeness (QED) is 0.659. The van der Waals surface area contributed by atoms with Crippen LogP contribution in [0.5, 0.6) is 0 Å². The van der Waals surface area contributed by atoms with Crippen molar-refractivity contribution in [2.45, 2.75) is 0 Å². The summed E-state index contributed by atoms with van der Waals surface area (Å²) >= 11 is 15.3. The molecule has 1 aromatic carbocycles. The van der Waals surface area contributed by atoms with E-state index < -0.39 is 0 Å². The molecular weight excluding hydrogens is 379 g/mol. The van der Waals surface area contributed by atoms with Gasteiger partial charge in [0.1, 0.15) is 5.69 Å². The first-order chi connectivity index (χ1) is 10.0. The number of nitrogens with zero attached hydrogens (tertiary/aromatic N) is 3. The van der Waals surface area contributed by atoms with Gasteiger partial charge in [0.05, 0.1) is 15.6 Å². The molecule has 0 saturated heterocycles. The maximum Gasteiger partial charge on any atom is 0.260 e. The number of halogens is 3. The molecule has 5 nitrogen and oxygen atoms in total. The summed E-state index contributed by atoms with van der Waals surface area (Å²) in [5.41, 5.74) is 7.47. The minimum absolute atomic E-state index is 0.269. The summed E-state index contributed by atoms with van der Waals surface area (Å²) in [4.78, 5) is 8.38. The van der Waals surface area contributed by atoms with Crippen LogP contribution in [0, 0.1) is 0 Å². The molecule has 0 amide bonds. The molecule has 0 saturated carbocycles. The molecule has 2 N–H and O–H groups in total. The van der Waals surface area contributed by atoms with E-state index in [1.165, 1.54) is 6.20 Å². The van der Waals surface area contributed by atoms with Gasteiger partial charge in [-0.3, -0.25) is 0 Å². The van der Waals surface area contributed by atoms with E-state index in [2.05, 4.69) is 31.1 Å². The molecule has 3 aromatic rings. The maximum atomic E-state index is 6.08. The van der Waals surface area contributed by atoms with Crippen LogP contribution in [-0.4, -0.2) is 15.1 Å². The van der Waals surface area contributed by atoms with E-state index in [1.807, 2.05) is 6.07 Å². The van der Waals surface area contributed by atoms with Gasteiger partial charge in [0.25, 0.3) is 5.89 Å². The zero-order chi connectivity index (χ0) is 15.0. The Morgan fingerprint density at radius 3 is 2.76 bits per heavy atom. The molecule has 2 aromatic heterocycles. The molecule has 0 fully saturated rings. The number of anilines is 1. The number of benzene rings is 1. The predicted octanol–water partition coefficient (Wildman–Crippen LogP) is 4.45. The lowest BCUT2D eigenvalue weighted by Crippen LogP contribution is -1.91. The third kappa shape index (κ3) is 2.88. The number of rotatable bonds is 2. The van der Waals surface area contributed by atoms with Crippen LogP contribution in [-0.2, 0) is 0 Å². The van der Waals surface area contributed by atoms with E-state index in [1.54, 1.807) is 18.2 Å². The van der Waals surface area contributed by atoms with E-state index in [0.717, 1.165) is 4.47 Å². The molecule has 0 aliphatic carbocycles. The highest BCUT2D eigenvalue weighted by molar-refractivity contribution is 9.10. The summed E-state index contributed by atoms with van der Waals surface area (Å²) < 4.78 is 6.09. The molecule has 3 rings (SSSR count). The van der Waals surface area contributed by atoms with Gasteiger partial charge >= 0.3 is 0 Å². The van der Waals surface area contributed by atoms with E-state index in [9.17, 15) is 0 Å². The largest absolute Gasteiger partial charge is 0.398 e. The Kier molecular flexibility index (Phi) is 3.84. The van der Waals surface area contributed by atoms with Gasteiger partial charge in [0, 0.05) is 16.4 Å². The molecule has 2 heterocycles. The maximum absolute atomic E-state index is 6.08. The fraction of sp³-hybridized carbons (Fsp3) is 0. The molecule has 0 bridgehead atoms.